The van der Waals surface area contributed by atoms with E-state index in [2.05, 4.69) is 10.1 Å². The molecule has 2 aromatic carbocycles. The van der Waals surface area contributed by atoms with E-state index >= 15 is 0 Å². The van der Waals surface area contributed by atoms with Crippen LogP contribution in [0.4, 0.5) is 13.2 Å². The minimum atomic E-state index is -4.76. The van der Waals surface area contributed by atoms with Crippen molar-refractivity contribution in [2.75, 3.05) is 13.1 Å². The number of piperidine rings is 1. The molecule has 0 aliphatic carbocycles. The number of Topliss-reactive ketones (excluding diaryl/α,β-unsaturated/α-hetero) is 1. The molecule has 36 heavy (non-hydrogen) atoms. The summed E-state index contributed by atoms with van der Waals surface area (Å²) < 4.78 is 46.4. The van der Waals surface area contributed by atoms with Crippen molar-refractivity contribution in [3.05, 3.63) is 59.2 Å². The zero-order valence-corrected chi connectivity index (χ0v) is 19.1. The van der Waals surface area contributed by atoms with Gasteiger partial charge < -0.3 is 24.8 Å². The van der Waals surface area contributed by atoms with Crippen LogP contribution in [0.5, 0.6) is 11.5 Å². The van der Waals surface area contributed by atoms with Crippen molar-refractivity contribution in [1.29, 1.82) is 0 Å². The highest BCUT2D eigenvalue weighted by atomic mass is 19.4. The van der Waals surface area contributed by atoms with Gasteiger partial charge in [0, 0.05) is 19.5 Å². The highest BCUT2D eigenvalue weighted by Crippen LogP contribution is 2.25. The molecule has 0 spiro atoms. The second-order valence-corrected chi connectivity index (χ2v) is 8.10. The minimum absolute atomic E-state index is 0.0239. The highest BCUT2D eigenvalue weighted by Gasteiger charge is 2.40. The van der Waals surface area contributed by atoms with Crippen molar-refractivity contribution in [2.24, 2.45) is 5.92 Å². The molecule has 1 heterocycles. The largest absolute Gasteiger partial charge is 0.573 e. The number of likely N-dealkylation sites (tertiary alicyclic amines) is 1. The first kappa shape index (κ1) is 26.5. The van der Waals surface area contributed by atoms with Gasteiger partial charge in [-0.1, -0.05) is 24.3 Å². The van der Waals surface area contributed by atoms with Gasteiger partial charge in [-0.25, -0.2) is 0 Å². The monoisotopic (exact) mass is 508 g/mol. The van der Waals surface area contributed by atoms with Crippen LogP contribution < -0.4 is 14.8 Å². The standard InChI is InChI=1S/C24H23F3N2O7/c1-14-10-16(12-29-9-8-18(30)21(23(29)34)22(33)28-11-20(31)32)4-7-19(14)35-13-15-2-5-17(6-3-15)36-24(25,26)27/h2-7,10,21H,8-9,11-13H2,1H3,(H,28,33)(H,31,32). The summed E-state index contributed by atoms with van der Waals surface area (Å²) in [6, 6.07) is 10.5. The summed E-state index contributed by atoms with van der Waals surface area (Å²) in [5, 5.41) is 10.8. The van der Waals surface area contributed by atoms with Crippen molar-refractivity contribution >= 4 is 23.6 Å². The Morgan fingerprint density at radius 1 is 1.11 bits per heavy atom. The molecule has 2 aromatic rings. The normalized spacial score (nSPS) is 16.0. The molecular formula is C24H23F3N2O7. The number of benzene rings is 2. The number of alkyl halides is 3. The van der Waals surface area contributed by atoms with Crippen molar-refractivity contribution in [1.82, 2.24) is 10.2 Å². The number of carboxylic acid groups (broad SMARTS) is 1. The van der Waals surface area contributed by atoms with E-state index in [4.69, 9.17) is 9.84 Å². The Hall–Kier alpha value is -4.09. The Kier molecular flexibility index (Phi) is 8.18. The third kappa shape index (κ3) is 7.20. The van der Waals surface area contributed by atoms with Crippen LogP contribution in [0.2, 0.25) is 0 Å². The number of hydrogen-bond donors (Lipinski definition) is 2. The number of carboxylic acids is 1. The molecule has 1 aliphatic rings. The Morgan fingerprint density at radius 3 is 2.39 bits per heavy atom. The van der Waals surface area contributed by atoms with E-state index in [1.165, 1.54) is 29.2 Å². The lowest BCUT2D eigenvalue weighted by molar-refractivity contribution is -0.274. The molecule has 3 rings (SSSR count). The number of aryl methyl sites for hydroxylation is 1. The summed E-state index contributed by atoms with van der Waals surface area (Å²) in [6.07, 6.45) is -4.79. The number of halogens is 3. The first-order chi connectivity index (χ1) is 16.9. The number of rotatable bonds is 9. The minimum Gasteiger partial charge on any atom is -0.489 e. The van der Waals surface area contributed by atoms with Gasteiger partial charge in [-0.15, -0.1) is 13.2 Å². The fraction of sp³-hybridized carbons (Fsp3) is 0.333. The summed E-state index contributed by atoms with van der Waals surface area (Å²) in [5.74, 6) is -4.85. The lowest BCUT2D eigenvalue weighted by atomic mass is 9.94. The van der Waals surface area contributed by atoms with Crippen molar-refractivity contribution < 1.29 is 46.9 Å². The number of carbonyl (C=O) groups excluding carboxylic acids is 3. The highest BCUT2D eigenvalue weighted by molar-refractivity contribution is 6.19. The van der Waals surface area contributed by atoms with Crippen LogP contribution in [0.25, 0.3) is 0 Å². The van der Waals surface area contributed by atoms with E-state index in [0.717, 1.165) is 11.1 Å². The molecule has 0 radical (unpaired) electrons. The van der Waals surface area contributed by atoms with Gasteiger partial charge in [0.1, 0.15) is 24.7 Å². The quantitative estimate of drug-likeness (QED) is 0.500. The molecule has 0 bridgehead atoms. The van der Waals surface area contributed by atoms with Crippen LogP contribution in [-0.2, 0) is 32.3 Å². The molecule has 0 saturated carbocycles. The fourth-order valence-electron chi connectivity index (χ4n) is 3.64. The van der Waals surface area contributed by atoms with Crippen LogP contribution in [0.3, 0.4) is 0 Å². The van der Waals surface area contributed by atoms with Crippen LogP contribution in [-0.4, -0.2) is 53.0 Å². The molecule has 1 atom stereocenters. The summed E-state index contributed by atoms with van der Waals surface area (Å²) in [7, 11) is 0. The maximum absolute atomic E-state index is 12.7. The Balaban J connectivity index is 1.59. The maximum Gasteiger partial charge on any atom is 0.573 e. The van der Waals surface area contributed by atoms with Gasteiger partial charge in [-0.3, -0.25) is 19.2 Å². The molecule has 1 saturated heterocycles. The molecule has 192 valence electrons. The SMILES string of the molecule is Cc1cc(CN2CCC(=O)C(C(=O)NCC(=O)O)C2=O)ccc1OCc1ccc(OC(F)(F)F)cc1. The van der Waals surface area contributed by atoms with Crippen molar-refractivity contribution in [3.8, 4) is 11.5 Å². The smallest absolute Gasteiger partial charge is 0.489 e. The van der Waals surface area contributed by atoms with E-state index < -0.39 is 42.4 Å². The molecular weight excluding hydrogens is 485 g/mol. The van der Waals surface area contributed by atoms with Crippen LogP contribution in [0.15, 0.2) is 42.5 Å². The van der Waals surface area contributed by atoms with Gasteiger partial charge >= 0.3 is 12.3 Å². The first-order valence-electron chi connectivity index (χ1n) is 10.8. The molecule has 12 heteroatoms. The summed E-state index contributed by atoms with van der Waals surface area (Å²) in [6.45, 7) is 1.46. The molecule has 1 fully saturated rings. The molecule has 0 aromatic heterocycles. The number of ether oxygens (including phenoxy) is 2. The van der Waals surface area contributed by atoms with Gasteiger partial charge in [-0.05, 0) is 41.8 Å². The number of aliphatic carboxylic acids is 1. The zero-order chi connectivity index (χ0) is 26.5. The Bertz CT molecular complexity index is 1150. The van der Waals surface area contributed by atoms with Crippen molar-refractivity contribution in [3.63, 3.8) is 0 Å². The van der Waals surface area contributed by atoms with Crippen LogP contribution in [0, 0.1) is 12.8 Å². The Morgan fingerprint density at radius 2 is 1.78 bits per heavy atom. The summed E-state index contributed by atoms with van der Waals surface area (Å²) in [5.41, 5.74) is 2.09. The van der Waals surface area contributed by atoms with Gasteiger partial charge in [0.2, 0.25) is 11.8 Å². The van der Waals surface area contributed by atoms with E-state index in [9.17, 15) is 32.3 Å². The summed E-state index contributed by atoms with van der Waals surface area (Å²) in [4.78, 5) is 49.1. The number of nitrogens with zero attached hydrogens (tertiary/aromatic N) is 1. The van der Waals surface area contributed by atoms with Crippen LogP contribution >= 0.6 is 0 Å². The van der Waals surface area contributed by atoms with Gasteiger partial charge in [0.05, 0.1) is 0 Å². The topological polar surface area (TPSA) is 122 Å². The second kappa shape index (κ2) is 11.1. The van der Waals surface area contributed by atoms with Gasteiger partial charge in [0.15, 0.2) is 11.7 Å². The van der Waals surface area contributed by atoms with Gasteiger partial charge in [-0.2, -0.15) is 0 Å². The number of hydrogen-bond acceptors (Lipinski definition) is 6. The lowest BCUT2D eigenvalue weighted by Gasteiger charge is -2.31. The lowest BCUT2D eigenvalue weighted by Crippen LogP contribution is -2.52. The Labute approximate surface area is 203 Å². The van der Waals surface area contributed by atoms with Crippen LogP contribution in [0.1, 0.15) is 23.1 Å². The number of ketones is 1. The second-order valence-electron chi connectivity index (χ2n) is 8.10. The predicted molar refractivity (Wildman–Crippen MR) is 118 cm³/mol. The molecule has 9 nitrogen and oxygen atoms in total. The van der Waals surface area contributed by atoms with Crippen molar-refractivity contribution in [2.45, 2.75) is 32.9 Å². The third-order valence-electron chi connectivity index (χ3n) is 5.35. The van der Waals surface area contributed by atoms with E-state index in [0.29, 0.717) is 11.3 Å². The molecule has 1 unspecified atom stereocenters. The maximum atomic E-state index is 12.7. The third-order valence-corrected chi connectivity index (χ3v) is 5.35. The first-order valence-corrected chi connectivity index (χ1v) is 10.8. The molecule has 1 aliphatic heterocycles. The van der Waals surface area contributed by atoms with E-state index in [-0.39, 0.29) is 31.9 Å². The van der Waals surface area contributed by atoms with E-state index in [1.54, 1.807) is 25.1 Å². The number of nitrogens with one attached hydrogen (secondary N) is 1. The molecule has 2 N–H and O–H groups in total. The zero-order valence-electron chi connectivity index (χ0n) is 19.1. The number of carbonyl (C=O) groups is 4. The van der Waals surface area contributed by atoms with E-state index in [1.807, 2.05) is 0 Å². The molecule has 2 amide bonds. The predicted octanol–water partition coefficient (Wildman–Crippen LogP) is 2.59. The summed E-state index contributed by atoms with van der Waals surface area (Å²) >= 11 is 0. The van der Waals surface area contributed by atoms with Gasteiger partial charge in [0.25, 0.3) is 0 Å². The average Bonchev–Trinajstić information content (AvgIpc) is 2.79. The number of amides is 2. The fourth-order valence-corrected chi connectivity index (χ4v) is 3.64. The average molecular weight is 508 g/mol.